The zero-order chi connectivity index (χ0) is 15.2. The molecule has 1 aromatic rings. The molecular formula is C14H22ClO4P. The molecule has 1 rings (SSSR count). The van der Waals surface area contributed by atoms with E-state index in [-0.39, 0.29) is 19.9 Å². The van der Waals surface area contributed by atoms with Crippen molar-refractivity contribution >= 4 is 19.2 Å². The van der Waals surface area contributed by atoms with E-state index in [1.54, 1.807) is 27.4 Å². The molecule has 114 valence electrons. The summed E-state index contributed by atoms with van der Waals surface area (Å²) in [5.74, 6) is 2.00. The van der Waals surface area contributed by atoms with Gasteiger partial charge in [-0.3, -0.25) is 0 Å². The Morgan fingerprint density at radius 1 is 1.20 bits per heavy atom. The maximum Gasteiger partial charge on any atom is 0.188 e. The molecule has 4 nitrogen and oxygen atoms in total. The molecule has 0 bridgehead atoms. The summed E-state index contributed by atoms with van der Waals surface area (Å²) in [5, 5.41) is -0.202. The van der Waals surface area contributed by atoms with Crippen LogP contribution in [0.2, 0.25) is 0 Å². The number of benzene rings is 1. The van der Waals surface area contributed by atoms with E-state index in [2.05, 4.69) is 13.8 Å². The van der Waals surface area contributed by atoms with Gasteiger partial charge in [-0.15, -0.1) is 0 Å². The monoisotopic (exact) mass is 320 g/mol. The first-order chi connectivity index (χ1) is 9.56. The minimum Gasteiger partial charge on any atom is -0.497 e. The lowest BCUT2D eigenvalue weighted by molar-refractivity contribution is 0.0479. The molecule has 0 aliphatic heterocycles. The molecule has 0 saturated carbocycles. The van der Waals surface area contributed by atoms with Gasteiger partial charge >= 0.3 is 0 Å². The molecule has 1 aromatic carbocycles. The van der Waals surface area contributed by atoms with Gasteiger partial charge in [-0.1, -0.05) is 25.1 Å². The van der Waals surface area contributed by atoms with Gasteiger partial charge in [-0.25, -0.2) is 0 Å². The molecule has 0 fully saturated rings. The van der Waals surface area contributed by atoms with Crippen molar-refractivity contribution in [2.45, 2.75) is 25.4 Å². The zero-order valence-corrected chi connectivity index (χ0v) is 14.3. The summed E-state index contributed by atoms with van der Waals surface area (Å²) in [6, 6.07) is 3.74. The molecular weight excluding hydrogens is 299 g/mol. The van der Waals surface area contributed by atoms with Crippen LogP contribution in [0.4, 0.5) is 0 Å². The maximum atomic E-state index is 6.20. The van der Waals surface area contributed by atoms with Gasteiger partial charge in [-0.2, -0.15) is 0 Å². The number of hydrogen-bond donors (Lipinski definition) is 0. The van der Waals surface area contributed by atoms with Crippen molar-refractivity contribution in [2.75, 3.05) is 28.1 Å². The largest absolute Gasteiger partial charge is 0.497 e. The first-order valence-corrected chi connectivity index (χ1v) is 8.33. The molecule has 0 aliphatic rings. The van der Waals surface area contributed by atoms with Crippen LogP contribution in [0.5, 0.6) is 17.2 Å². The van der Waals surface area contributed by atoms with E-state index in [1.165, 1.54) is 0 Å². The second kappa shape index (κ2) is 7.92. The summed E-state index contributed by atoms with van der Waals surface area (Å²) in [7, 11) is 5.03. The van der Waals surface area contributed by atoms with Crippen LogP contribution in [0.25, 0.3) is 0 Å². The van der Waals surface area contributed by atoms with Crippen LogP contribution >= 0.6 is 19.2 Å². The Balaban J connectivity index is 3.42. The van der Waals surface area contributed by atoms with Crippen molar-refractivity contribution in [1.82, 2.24) is 0 Å². The summed E-state index contributed by atoms with van der Waals surface area (Å²) < 4.78 is 21.4. The van der Waals surface area contributed by atoms with Gasteiger partial charge in [0.05, 0.1) is 14.2 Å². The lowest BCUT2D eigenvalue weighted by Crippen LogP contribution is -2.16. The van der Waals surface area contributed by atoms with E-state index in [0.717, 1.165) is 17.7 Å². The van der Waals surface area contributed by atoms with Gasteiger partial charge in [-0.05, 0) is 20.4 Å². The normalized spacial score (nSPS) is 14.3. The Hall–Kier alpha value is -0.700. The Morgan fingerprint density at radius 3 is 2.35 bits per heavy atom. The number of hydrogen-bond acceptors (Lipinski definition) is 4. The Bertz CT molecular complexity index is 435. The quantitative estimate of drug-likeness (QED) is 0.533. The van der Waals surface area contributed by atoms with Gasteiger partial charge in [0.2, 0.25) is 0 Å². The third-order valence-corrected chi connectivity index (χ3v) is 5.61. The van der Waals surface area contributed by atoms with E-state index in [4.69, 9.17) is 30.2 Å². The fourth-order valence-electron chi connectivity index (χ4n) is 1.83. The smallest absolute Gasteiger partial charge is 0.188 e. The summed E-state index contributed by atoms with van der Waals surface area (Å²) in [6.07, 6.45) is 0.884. The van der Waals surface area contributed by atoms with Gasteiger partial charge in [0.1, 0.15) is 5.75 Å². The average molecular weight is 321 g/mol. The van der Waals surface area contributed by atoms with Crippen LogP contribution in [-0.4, -0.2) is 28.1 Å². The number of rotatable bonds is 8. The average Bonchev–Trinajstić information content (AvgIpc) is 2.51. The van der Waals surface area contributed by atoms with Crippen molar-refractivity contribution in [3.63, 3.8) is 0 Å². The predicted octanol–water partition coefficient (Wildman–Crippen LogP) is 4.14. The van der Waals surface area contributed by atoms with Crippen LogP contribution in [0.3, 0.4) is 0 Å². The summed E-state index contributed by atoms with van der Waals surface area (Å²) in [6.45, 7) is 4.36. The van der Waals surface area contributed by atoms with E-state index < -0.39 is 0 Å². The summed E-state index contributed by atoms with van der Waals surface area (Å²) in [4.78, 5) is 0. The number of ether oxygens (including phenoxy) is 4. The zero-order valence-electron chi connectivity index (χ0n) is 12.6. The number of halogens is 1. The van der Waals surface area contributed by atoms with Crippen LogP contribution in [0, 0.1) is 0 Å². The van der Waals surface area contributed by atoms with Crippen molar-refractivity contribution in [3.8, 4) is 17.2 Å². The molecule has 6 heteroatoms. The SMILES string of the molecule is CCC(C)(PCl)c1cc(OC)cc(OC)c1OCOC. The van der Waals surface area contributed by atoms with Gasteiger partial charge in [0.15, 0.2) is 18.3 Å². The van der Waals surface area contributed by atoms with Crippen molar-refractivity contribution < 1.29 is 18.9 Å². The molecule has 0 N–H and O–H groups in total. The molecule has 2 unspecified atom stereocenters. The Morgan fingerprint density at radius 2 is 1.90 bits per heavy atom. The molecule has 20 heavy (non-hydrogen) atoms. The highest BCUT2D eigenvalue weighted by Gasteiger charge is 2.30. The molecule has 2 atom stereocenters. The number of methoxy groups -OCH3 is 3. The van der Waals surface area contributed by atoms with E-state index >= 15 is 0 Å². The van der Waals surface area contributed by atoms with Gasteiger partial charge < -0.3 is 18.9 Å². The highest BCUT2D eigenvalue weighted by Crippen LogP contribution is 2.53. The minimum absolute atomic E-state index is 0.154. The van der Waals surface area contributed by atoms with Crippen molar-refractivity contribution in [3.05, 3.63) is 17.7 Å². The topological polar surface area (TPSA) is 36.9 Å². The second-order valence-corrected chi connectivity index (χ2v) is 6.40. The Labute approximate surface area is 127 Å². The molecule has 0 spiro atoms. The van der Waals surface area contributed by atoms with E-state index in [0.29, 0.717) is 11.5 Å². The third-order valence-electron chi connectivity index (χ3n) is 3.32. The first-order valence-electron chi connectivity index (χ1n) is 6.32. The van der Waals surface area contributed by atoms with Crippen molar-refractivity contribution in [2.24, 2.45) is 0 Å². The van der Waals surface area contributed by atoms with E-state index in [1.807, 2.05) is 6.07 Å². The third kappa shape index (κ3) is 3.69. The van der Waals surface area contributed by atoms with Crippen LogP contribution in [-0.2, 0) is 9.89 Å². The molecule has 0 heterocycles. The summed E-state index contributed by atoms with van der Waals surface area (Å²) in [5.41, 5.74) is 0.974. The standard InChI is InChI=1S/C14H22ClO4P/c1-6-14(2,20-15)11-7-10(17-4)8-12(18-5)13(11)19-9-16-3/h7-8,20H,6,9H2,1-5H3. The van der Waals surface area contributed by atoms with E-state index in [9.17, 15) is 0 Å². The molecule has 0 aliphatic carbocycles. The fourth-order valence-corrected chi connectivity index (χ4v) is 2.96. The lowest BCUT2D eigenvalue weighted by atomic mass is 9.95. The molecule has 0 radical (unpaired) electrons. The van der Waals surface area contributed by atoms with Gasteiger partial charge in [0.25, 0.3) is 0 Å². The first kappa shape index (κ1) is 17.4. The highest BCUT2D eigenvalue weighted by molar-refractivity contribution is 7.69. The maximum absolute atomic E-state index is 6.20. The van der Waals surface area contributed by atoms with Crippen LogP contribution in [0.15, 0.2) is 12.1 Å². The second-order valence-electron chi connectivity index (χ2n) is 4.54. The predicted molar refractivity (Wildman–Crippen MR) is 83.9 cm³/mol. The van der Waals surface area contributed by atoms with Crippen molar-refractivity contribution in [1.29, 1.82) is 0 Å². The Kier molecular flexibility index (Phi) is 6.87. The molecule has 0 aromatic heterocycles. The molecule has 0 saturated heterocycles. The van der Waals surface area contributed by atoms with Gasteiger partial charge in [0, 0.05) is 23.9 Å². The molecule has 0 amide bonds. The lowest BCUT2D eigenvalue weighted by Gasteiger charge is -2.29. The van der Waals surface area contributed by atoms with Crippen LogP contribution in [0.1, 0.15) is 25.8 Å². The van der Waals surface area contributed by atoms with Crippen LogP contribution < -0.4 is 14.2 Å². The highest BCUT2D eigenvalue weighted by atomic mass is 35.7. The minimum atomic E-state index is -0.202. The summed E-state index contributed by atoms with van der Waals surface area (Å²) >= 11 is 6.20. The fraction of sp³-hybridized carbons (Fsp3) is 0.571.